The minimum atomic E-state index is -0.0963. The average molecular weight is 259 g/mol. The van der Waals surface area contributed by atoms with Crippen molar-refractivity contribution in [3.63, 3.8) is 0 Å². The van der Waals surface area contributed by atoms with Gasteiger partial charge in [-0.3, -0.25) is 9.78 Å². The van der Waals surface area contributed by atoms with Crippen LogP contribution in [0.4, 0.5) is 0 Å². The first-order valence-corrected chi connectivity index (χ1v) is 7.09. The average Bonchev–Trinajstić information content (AvgIpc) is 2.47. The molecule has 3 nitrogen and oxygen atoms in total. The van der Waals surface area contributed by atoms with Gasteiger partial charge in [0.25, 0.3) is 0 Å². The number of carbonyl (C=O) groups is 1. The van der Waals surface area contributed by atoms with Crippen LogP contribution in [0.3, 0.4) is 0 Å². The molecule has 0 saturated heterocycles. The molecule has 0 unspecified atom stereocenters. The van der Waals surface area contributed by atoms with Gasteiger partial charge in [-0.1, -0.05) is 11.6 Å². The van der Waals surface area contributed by atoms with E-state index in [0.717, 1.165) is 25.0 Å². The second-order valence-corrected chi connectivity index (χ2v) is 4.81. The molecule has 1 aromatic rings. The molecule has 0 atom stereocenters. The van der Waals surface area contributed by atoms with E-state index in [0.29, 0.717) is 13.0 Å². The summed E-state index contributed by atoms with van der Waals surface area (Å²) in [6, 6.07) is 6.02. The molecule has 0 aromatic carbocycles. The number of aromatic nitrogens is 1. The molecule has 1 aliphatic rings. The van der Waals surface area contributed by atoms with Gasteiger partial charge in [0.15, 0.2) is 0 Å². The molecule has 2 rings (SSSR count). The highest BCUT2D eigenvalue weighted by atomic mass is 16.5. The monoisotopic (exact) mass is 259 g/mol. The first-order chi connectivity index (χ1) is 9.31. The van der Waals surface area contributed by atoms with Crippen LogP contribution in [0.15, 0.2) is 30.0 Å². The van der Waals surface area contributed by atoms with Crippen LogP contribution < -0.4 is 0 Å². The molecule has 0 spiro atoms. The number of carbonyl (C=O) groups excluding carboxylic acids is 1. The van der Waals surface area contributed by atoms with Gasteiger partial charge in [0.05, 0.1) is 12.3 Å². The molecule has 3 heteroatoms. The lowest BCUT2D eigenvalue weighted by molar-refractivity contribution is -0.143. The summed E-state index contributed by atoms with van der Waals surface area (Å²) >= 11 is 0. The lowest BCUT2D eigenvalue weighted by Crippen LogP contribution is -2.07. The molecule has 19 heavy (non-hydrogen) atoms. The standard InChI is InChI=1S/C16H21NO2/c1-2-19-16(18)11-10-13-7-3-4-8-14(13)15-9-5-6-12-17-15/h5-6,9,12H,2-4,7-8,10-11H2,1H3. The van der Waals surface area contributed by atoms with E-state index in [1.807, 2.05) is 25.3 Å². The number of ether oxygens (including phenoxy) is 1. The van der Waals surface area contributed by atoms with Crippen LogP contribution in [0.1, 0.15) is 51.1 Å². The van der Waals surface area contributed by atoms with Gasteiger partial charge in [-0.05, 0) is 56.7 Å². The SMILES string of the molecule is CCOC(=O)CCC1=C(c2ccccn2)CCCC1. The summed E-state index contributed by atoms with van der Waals surface area (Å²) in [7, 11) is 0. The van der Waals surface area contributed by atoms with Crippen LogP contribution in [-0.2, 0) is 9.53 Å². The van der Waals surface area contributed by atoms with E-state index in [-0.39, 0.29) is 5.97 Å². The van der Waals surface area contributed by atoms with Crippen molar-refractivity contribution in [2.24, 2.45) is 0 Å². The highest BCUT2D eigenvalue weighted by Crippen LogP contribution is 2.33. The number of esters is 1. The largest absolute Gasteiger partial charge is 0.466 e. The van der Waals surface area contributed by atoms with Crippen molar-refractivity contribution in [3.05, 3.63) is 35.7 Å². The summed E-state index contributed by atoms with van der Waals surface area (Å²) in [4.78, 5) is 15.9. The van der Waals surface area contributed by atoms with Gasteiger partial charge in [0.2, 0.25) is 0 Å². The van der Waals surface area contributed by atoms with Gasteiger partial charge in [-0.25, -0.2) is 0 Å². The Morgan fingerprint density at radius 1 is 1.32 bits per heavy atom. The fourth-order valence-electron chi connectivity index (χ4n) is 2.58. The third-order valence-corrected chi connectivity index (χ3v) is 3.49. The minimum Gasteiger partial charge on any atom is -0.466 e. The molecule has 0 radical (unpaired) electrons. The first-order valence-electron chi connectivity index (χ1n) is 7.09. The summed E-state index contributed by atoms with van der Waals surface area (Å²) in [6.07, 6.45) is 7.73. The lowest BCUT2D eigenvalue weighted by Gasteiger charge is -2.20. The number of hydrogen-bond acceptors (Lipinski definition) is 3. The van der Waals surface area contributed by atoms with Crippen LogP contribution >= 0.6 is 0 Å². The predicted octanol–water partition coefficient (Wildman–Crippen LogP) is 3.75. The van der Waals surface area contributed by atoms with Gasteiger partial charge in [0.1, 0.15) is 0 Å². The smallest absolute Gasteiger partial charge is 0.306 e. The second-order valence-electron chi connectivity index (χ2n) is 4.81. The minimum absolute atomic E-state index is 0.0963. The number of pyridine rings is 1. The van der Waals surface area contributed by atoms with Crippen LogP contribution in [-0.4, -0.2) is 17.6 Å². The van der Waals surface area contributed by atoms with Crippen LogP contribution in [0.2, 0.25) is 0 Å². The molecule has 0 N–H and O–H groups in total. The van der Waals surface area contributed by atoms with Crippen LogP contribution in [0.25, 0.3) is 5.57 Å². The number of nitrogens with zero attached hydrogens (tertiary/aromatic N) is 1. The zero-order valence-corrected chi connectivity index (χ0v) is 11.5. The van der Waals surface area contributed by atoms with E-state index >= 15 is 0 Å². The van der Waals surface area contributed by atoms with Crippen molar-refractivity contribution >= 4 is 11.5 Å². The van der Waals surface area contributed by atoms with Crippen molar-refractivity contribution in [2.45, 2.75) is 45.4 Å². The Hall–Kier alpha value is -1.64. The molecule has 1 aromatic heterocycles. The van der Waals surface area contributed by atoms with Crippen molar-refractivity contribution in [1.29, 1.82) is 0 Å². The third-order valence-electron chi connectivity index (χ3n) is 3.49. The van der Waals surface area contributed by atoms with E-state index in [4.69, 9.17) is 4.74 Å². The van der Waals surface area contributed by atoms with E-state index in [1.165, 1.54) is 24.0 Å². The fraction of sp³-hybridized carbons (Fsp3) is 0.500. The van der Waals surface area contributed by atoms with Crippen molar-refractivity contribution in [3.8, 4) is 0 Å². The molecular weight excluding hydrogens is 238 g/mol. The molecule has 0 aliphatic heterocycles. The van der Waals surface area contributed by atoms with Gasteiger partial charge >= 0.3 is 5.97 Å². The summed E-state index contributed by atoms with van der Waals surface area (Å²) in [6.45, 7) is 2.31. The molecule has 0 amide bonds. The Morgan fingerprint density at radius 2 is 2.16 bits per heavy atom. The Kier molecular flexibility index (Phi) is 5.13. The molecule has 1 heterocycles. The number of rotatable bonds is 5. The maximum Gasteiger partial charge on any atom is 0.306 e. The summed E-state index contributed by atoms with van der Waals surface area (Å²) in [5.41, 5.74) is 3.80. The van der Waals surface area contributed by atoms with Gasteiger partial charge in [-0.2, -0.15) is 0 Å². The van der Waals surface area contributed by atoms with Crippen molar-refractivity contribution < 1.29 is 9.53 Å². The van der Waals surface area contributed by atoms with Gasteiger partial charge < -0.3 is 4.74 Å². The topological polar surface area (TPSA) is 39.2 Å². The van der Waals surface area contributed by atoms with E-state index in [9.17, 15) is 4.79 Å². The van der Waals surface area contributed by atoms with Crippen LogP contribution in [0.5, 0.6) is 0 Å². The molecule has 102 valence electrons. The lowest BCUT2D eigenvalue weighted by atomic mass is 9.87. The molecule has 0 fully saturated rings. The zero-order chi connectivity index (χ0) is 13.5. The molecular formula is C16H21NO2. The maximum absolute atomic E-state index is 11.5. The third kappa shape index (κ3) is 3.91. The highest BCUT2D eigenvalue weighted by Gasteiger charge is 2.16. The van der Waals surface area contributed by atoms with Crippen molar-refractivity contribution in [2.75, 3.05) is 6.61 Å². The fourth-order valence-corrected chi connectivity index (χ4v) is 2.58. The highest BCUT2D eigenvalue weighted by molar-refractivity contribution is 5.72. The summed E-state index contributed by atoms with van der Waals surface area (Å²) in [5, 5.41) is 0. The Labute approximate surface area is 114 Å². The summed E-state index contributed by atoms with van der Waals surface area (Å²) < 4.78 is 5.00. The number of hydrogen-bond donors (Lipinski definition) is 0. The van der Waals surface area contributed by atoms with Crippen LogP contribution in [0, 0.1) is 0 Å². The maximum atomic E-state index is 11.5. The van der Waals surface area contributed by atoms with Gasteiger partial charge in [0, 0.05) is 12.6 Å². The van der Waals surface area contributed by atoms with E-state index < -0.39 is 0 Å². The number of allylic oxidation sites excluding steroid dienone is 2. The quantitative estimate of drug-likeness (QED) is 0.756. The Bertz CT molecular complexity index is 451. The first kappa shape index (κ1) is 13.8. The Balaban J connectivity index is 2.09. The Morgan fingerprint density at radius 3 is 2.89 bits per heavy atom. The zero-order valence-electron chi connectivity index (χ0n) is 11.5. The summed E-state index contributed by atoms with van der Waals surface area (Å²) in [5.74, 6) is -0.0963. The molecule has 0 saturated carbocycles. The molecule has 1 aliphatic carbocycles. The van der Waals surface area contributed by atoms with Crippen molar-refractivity contribution in [1.82, 2.24) is 4.98 Å². The van der Waals surface area contributed by atoms with E-state index in [2.05, 4.69) is 11.1 Å². The van der Waals surface area contributed by atoms with Gasteiger partial charge in [-0.15, -0.1) is 0 Å². The van der Waals surface area contributed by atoms with E-state index in [1.54, 1.807) is 0 Å². The second kappa shape index (κ2) is 7.07. The molecule has 0 bridgehead atoms. The predicted molar refractivity (Wildman–Crippen MR) is 75.5 cm³/mol. The normalized spacial score (nSPS) is 15.4.